The van der Waals surface area contributed by atoms with Gasteiger partial charge in [0.1, 0.15) is 17.6 Å². The number of benzene rings is 1. The molecule has 3 rings (SSSR count). The van der Waals surface area contributed by atoms with E-state index in [1.54, 1.807) is 19.5 Å². The van der Waals surface area contributed by atoms with E-state index in [2.05, 4.69) is 4.98 Å². The summed E-state index contributed by atoms with van der Waals surface area (Å²) in [5, 5.41) is 0. The number of aromatic nitrogens is 1. The molecule has 24 heavy (non-hydrogen) atoms. The molecular weight excluding hydrogens is 304 g/mol. The Morgan fingerprint density at radius 3 is 2.50 bits per heavy atom. The van der Waals surface area contributed by atoms with Gasteiger partial charge in [0.25, 0.3) is 0 Å². The van der Waals surface area contributed by atoms with Gasteiger partial charge in [-0.2, -0.15) is 0 Å². The lowest BCUT2D eigenvalue weighted by Gasteiger charge is -2.32. The molecule has 0 unspecified atom stereocenters. The largest absolute Gasteiger partial charge is 0.497 e. The van der Waals surface area contributed by atoms with Crippen LogP contribution in [0.1, 0.15) is 18.4 Å². The maximum Gasteiger partial charge on any atom is 0.227 e. The van der Waals surface area contributed by atoms with Crippen LogP contribution < -0.4 is 9.47 Å². The van der Waals surface area contributed by atoms with E-state index in [-0.39, 0.29) is 12.0 Å². The summed E-state index contributed by atoms with van der Waals surface area (Å²) in [6.45, 7) is 1.47. The van der Waals surface area contributed by atoms with E-state index in [1.165, 1.54) is 0 Å². The molecule has 2 heterocycles. The summed E-state index contributed by atoms with van der Waals surface area (Å²) < 4.78 is 11.1. The summed E-state index contributed by atoms with van der Waals surface area (Å²) in [6, 6.07) is 11.4. The Kier molecular flexibility index (Phi) is 5.31. The van der Waals surface area contributed by atoms with Gasteiger partial charge in [0, 0.05) is 38.3 Å². The minimum atomic E-state index is 0.154. The standard InChI is InChI=1S/C19H22N2O3/c1-23-16-4-6-17(7-5-16)24-18-8-11-21(12-9-18)19(22)13-15-3-2-10-20-14-15/h2-7,10,14,18H,8-9,11-13H2,1H3. The fourth-order valence-corrected chi connectivity index (χ4v) is 2.86. The molecular formula is C19H22N2O3. The molecule has 1 aliphatic heterocycles. The van der Waals surface area contributed by atoms with Crippen LogP contribution in [0.25, 0.3) is 0 Å². The summed E-state index contributed by atoms with van der Waals surface area (Å²) in [5.41, 5.74) is 0.958. The van der Waals surface area contributed by atoms with Crippen molar-refractivity contribution in [2.24, 2.45) is 0 Å². The summed E-state index contributed by atoms with van der Waals surface area (Å²) in [7, 11) is 1.65. The molecule has 1 saturated heterocycles. The highest BCUT2D eigenvalue weighted by molar-refractivity contribution is 5.78. The lowest BCUT2D eigenvalue weighted by molar-refractivity contribution is -0.132. The number of rotatable bonds is 5. The minimum absolute atomic E-state index is 0.154. The SMILES string of the molecule is COc1ccc(OC2CCN(C(=O)Cc3cccnc3)CC2)cc1. The first-order valence-electron chi connectivity index (χ1n) is 8.22. The van der Waals surface area contributed by atoms with Crippen molar-refractivity contribution in [3.8, 4) is 11.5 Å². The van der Waals surface area contributed by atoms with E-state index in [9.17, 15) is 4.79 Å². The molecule has 5 nitrogen and oxygen atoms in total. The van der Waals surface area contributed by atoms with Gasteiger partial charge < -0.3 is 14.4 Å². The molecule has 0 radical (unpaired) electrons. The number of pyridine rings is 1. The lowest BCUT2D eigenvalue weighted by atomic mass is 10.1. The van der Waals surface area contributed by atoms with E-state index in [0.29, 0.717) is 6.42 Å². The molecule has 1 aromatic heterocycles. The Labute approximate surface area is 142 Å². The van der Waals surface area contributed by atoms with Crippen LogP contribution in [0.4, 0.5) is 0 Å². The molecule has 1 aliphatic rings. The maximum absolute atomic E-state index is 12.3. The number of piperidine rings is 1. The molecule has 0 saturated carbocycles. The molecule has 1 fully saturated rings. The third-order valence-electron chi connectivity index (χ3n) is 4.24. The van der Waals surface area contributed by atoms with Gasteiger partial charge >= 0.3 is 0 Å². The average Bonchev–Trinajstić information content (AvgIpc) is 2.64. The summed E-state index contributed by atoms with van der Waals surface area (Å²) in [6.07, 6.45) is 5.74. The second-order valence-corrected chi connectivity index (χ2v) is 5.91. The molecule has 5 heteroatoms. The van der Waals surface area contributed by atoms with Gasteiger partial charge in [0.2, 0.25) is 5.91 Å². The van der Waals surface area contributed by atoms with Gasteiger partial charge in [-0.05, 0) is 35.9 Å². The Bertz CT molecular complexity index is 650. The zero-order valence-electron chi connectivity index (χ0n) is 13.9. The molecule has 1 aromatic carbocycles. The second kappa shape index (κ2) is 7.81. The van der Waals surface area contributed by atoms with Crippen molar-refractivity contribution in [1.82, 2.24) is 9.88 Å². The lowest BCUT2D eigenvalue weighted by Crippen LogP contribution is -2.42. The Balaban J connectivity index is 1.47. The predicted octanol–water partition coefficient (Wildman–Crippen LogP) is 2.70. The number of nitrogens with zero attached hydrogens (tertiary/aromatic N) is 2. The molecule has 126 valence electrons. The zero-order chi connectivity index (χ0) is 16.8. The van der Waals surface area contributed by atoms with E-state index >= 15 is 0 Å². The van der Waals surface area contributed by atoms with Crippen molar-refractivity contribution in [2.45, 2.75) is 25.4 Å². The van der Waals surface area contributed by atoms with Gasteiger partial charge in [0.05, 0.1) is 13.5 Å². The predicted molar refractivity (Wildman–Crippen MR) is 91.2 cm³/mol. The second-order valence-electron chi connectivity index (χ2n) is 5.91. The highest BCUT2D eigenvalue weighted by Gasteiger charge is 2.24. The first-order valence-corrected chi connectivity index (χ1v) is 8.22. The maximum atomic E-state index is 12.3. The fourth-order valence-electron chi connectivity index (χ4n) is 2.86. The summed E-state index contributed by atoms with van der Waals surface area (Å²) >= 11 is 0. The van der Waals surface area contributed by atoms with Gasteiger partial charge in [-0.25, -0.2) is 0 Å². The van der Waals surface area contributed by atoms with Crippen molar-refractivity contribution in [3.63, 3.8) is 0 Å². The Morgan fingerprint density at radius 1 is 1.17 bits per heavy atom. The van der Waals surface area contributed by atoms with Crippen LogP contribution in [-0.4, -0.2) is 42.1 Å². The number of carbonyl (C=O) groups excluding carboxylic acids is 1. The number of likely N-dealkylation sites (tertiary alicyclic amines) is 1. The zero-order valence-corrected chi connectivity index (χ0v) is 13.9. The number of carbonyl (C=O) groups is 1. The Hall–Kier alpha value is -2.56. The van der Waals surface area contributed by atoms with Gasteiger partial charge in [-0.3, -0.25) is 9.78 Å². The number of hydrogen-bond acceptors (Lipinski definition) is 4. The van der Waals surface area contributed by atoms with Crippen LogP contribution in [0.15, 0.2) is 48.8 Å². The topological polar surface area (TPSA) is 51.7 Å². The first kappa shape index (κ1) is 16.3. The smallest absolute Gasteiger partial charge is 0.227 e. The van der Waals surface area contributed by atoms with E-state index in [0.717, 1.165) is 43.0 Å². The number of amides is 1. The van der Waals surface area contributed by atoms with Crippen LogP contribution in [0, 0.1) is 0 Å². The average molecular weight is 326 g/mol. The van der Waals surface area contributed by atoms with Crippen LogP contribution in [0.2, 0.25) is 0 Å². The van der Waals surface area contributed by atoms with Crippen LogP contribution in [0.3, 0.4) is 0 Å². The molecule has 0 aliphatic carbocycles. The van der Waals surface area contributed by atoms with Gasteiger partial charge in [-0.1, -0.05) is 6.07 Å². The molecule has 0 spiro atoms. The molecule has 0 N–H and O–H groups in total. The third-order valence-corrected chi connectivity index (χ3v) is 4.24. The Morgan fingerprint density at radius 2 is 1.88 bits per heavy atom. The van der Waals surface area contributed by atoms with Crippen LogP contribution in [0.5, 0.6) is 11.5 Å². The van der Waals surface area contributed by atoms with Crippen molar-refractivity contribution in [2.75, 3.05) is 20.2 Å². The molecule has 0 atom stereocenters. The molecule has 1 amide bonds. The van der Waals surface area contributed by atoms with Gasteiger partial charge in [-0.15, -0.1) is 0 Å². The first-order chi connectivity index (χ1) is 11.7. The summed E-state index contributed by atoms with van der Waals surface area (Å²) in [5.74, 6) is 1.82. The van der Waals surface area contributed by atoms with Crippen LogP contribution >= 0.6 is 0 Å². The quantitative estimate of drug-likeness (QED) is 0.848. The monoisotopic (exact) mass is 326 g/mol. The third kappa shape index (κ3) is 4.25. The van der Waals surface area contributed by atoms with E-state index < -0.39 is 0 Å². The van der Waals surface area contributed by atoms with E-state index in [1.807, 2.05) is 41.3 Å². The van der Waals surface area contributed by atoms with Crippen molar-refractivity contribution in [3.05, 3.63) is 54.4 Å². The highest BCUT2D eigenvalue weighted by atomic mass is 16.5. The fraction of sp³-hybridized carbons (Fsp3) is 0.368. The van der Waals surface area contributed by atoms with Gasteiger partial charge in [0.15, 0.2) is 0 Å². The van der Waals surface area contributed by atoms with Crippen molar-refractivity contribution >= 4 is 5.91 Å². The molecule has 2 aromatic rings. The van der Waals surface area contributed by atoms with Crippen molar-refractivity contribution < 1.29 is 14.3 Å². The summed E-state index contributed by atoms with van der Waals surface area (Å²) in [4.78, 5) is 18.3. The van der Waals surface area contributed by atoms with E-state index in [4.69, 9.17) is 9.47 Å². The van der Waals surface area contributed by atoms with Crippen molar-refractivity contribution in [1.29, 1.82) is 0 Å². The highest BCUT2D eigenvalue weighted by Crippen LogP contribution is 2.22. The van der Waals surface area contributed by atoms with Crippen LogP contribution in [-0.2, 0) is 11.2 Å². The minimum Gasteiger partial charge on any atom is -0.497 e. The number of methoxy groups -OCH3 is 1. The number of ether oxygens (including phenoxy) is 2. The normalized spacial score (nSPS) is 15.1. The molecule has 0 bridgehead atoms. The number of hydrogen-bond donors (Lipinski definition) is 0.